The average Bonchev–Trinajstić information content (AvgIpc) is 2.75. The lowest BCUT2D eigenvalue weighted by molar-refractivity contribution is -0.139. The van der Waals surface area contributed by atoms with Crippen molar-refractivity contribution in [1.82, 2.24) is 15.2 Å². The van der Waals surface area contributed by atoms with Gasteiger partial charge in [0.15, 0.2) is 0 Å². The molecule has 106 valence electrons. The van der Waals surface area contributed by atoms with Crippen molar-refractivity contribution in [3.05, 3.63) is 30.0 Å². The van der Waals surface area contributed by atoms with Crippen LogP contribution in [-0.4, -0.2) is 26.3 Å². The average molecular weight is 279 g/mol. The molecule has 6 nitrogen and oxygen atoms in total. The van der Waals surface area contributed by atoms with Crippen LogP contribution in [0.4, 0.5) is 4.39 Å². The van der Waals surface area contributed by atoms with Crippen LogP contribution in [0, 0.1) is 11.2 Å². The molecule has 0 aliphatic heterocycles. The quantitative estimate of drug-likeness (QED) is 0.903. The molecule has 2 heterocycles. The Hall–Kier alpha value is -2.31. The highest BCUT2D eigenvalue weighted by molar-refractivity contribution is 5.67. The molecule has 0 bridgehead atoms. The van der Waals surface area contributed by atoms with E-state index >= 15 is 0 Å². The van der Waals surface area contributed by atoms with Crippen LogP contribution in [0.5, 0.6) is 0 Å². The first kappa shape index (κ1) is 14.1. The predicted molar refractivity (Wildman–Crippen MR) is 67.2 cm³/mol. The molecule has 0 atom stereocenters. The van der Waals surface area contributed by atoms with Crippen LogP contribution in [0.15, 0.2) is 22.7 Å². The fraction of sp³-hybridized carbons (Fsp3) is 0.385. The summed E-state index contributed by atoms with van der Waals surface area (Å²) in [5.41, 5.74) is -0.118. The molecule has 0 radical (unpaired) electrons. The van der Waals surface area contributed by atoms with Crippen molar-refractivity contribution in [3.8, 4) is 11.6 Å². The molecule has 20 heavy (non-hydrogen) atoms. The van der Waals surface area contributed by atoms with E-state index in [-0.39, 0.29) is 12.3 Å². The maximum atomic E-state index is 12.8. The molecule has 0 unspecified atom stereocenters. The lowest BCUT2D eigenvalue weighted by Crippen LogP contribution is -2.19. The van der Waals surface area contributed by atoms with Gasteiger partial charge in [0, 0.05) is 6.42 Å². The zero-order valence-corrected chi connectivity index (χ0v) is 11.1. The van der Waals surface area contributed by atoms with Crippen LogP contribution in [-0.2, 0) is 11.2 Å². The number of pyridine rings is 1. The third-order valence-corrected chi connectivity index (χ3v) is 2.67. The molecule has 1 N–H and O–H groups in total. The third kappa shape index (κ3) is 3.59. The highest BCUT2D eigenvalue weighted by atomic mass is 19.1. The summed E-state index contributed by atoms with van der Waals surface area (Å²) >= 11 is 0. The molecule has 2 aromatic rings. The second-order valence-corrected chi connectivity index (χ2v) is 5.27. The van der Waals surface area contributed by atoms with Gasteiger partial charge in [-0.3, -0.25) is 4.79 Å². The molecule has 0 aliphatic carbocycles. The molecule has 0 fully saturated rings. The van der Waals surface area contributed by atoms with Gasteiger partial charge >= 0.3 is 5.97 Å². The third-order valence-electron chi connectivity index (χ3n) is 2.67. The number of rotatable bonds is 5. The first-order valence-electron chi connectivity index (χ1n) is 6.02. The van der Waals surface area contributed by atoms with Gasteiger partial charge in [-0.1, -0.05) is 13.8 Å². The van der Waals surface area contributed by atoms with E-state index in [0.717, 1.165) is 6.20 Å². The molecular weight excluding hydrogens is 265 g/mol. The van der Waals surface area contributed by atoms with E-state index in [1.807, 2.05) is 0 Å². The Kier molecular flexibility index (Phi) is 3.78. The van der Waals surface area contributed by atoms with Crippen molar-refractivity contribution in [2.45, 2.75) is 26.7 Å². The Morgan fingerprint density at radius 1 is 1.40 bits per heavy atom. The monoisotopic (exact) mass is 279 g/mol. The summed E-state index contributed by atoms with van der Waals surface area (Å²) in [6, 6.07) is 2.69. The van der Waals surface area contributed by atoms with Crippen molar-refractivity contribution in [1.29, 1.82) is 0 Å². The summed E-state index contributed by atoms with van der Waals surface area (Å²) in [7, 11) is 0. The molecule has 0 saturated heterocycles. The van der Waals surface area contributed by atoms with Gasteiger partial charge in [0.1, 0.15) is 11.5 Å². The van der Waals surface area contributed by atoms with Gasteiger partial charge in [-0.2, -0.15) is 0 Å². The minimum Gasteiger partial charge on any atom is -0.481 e. The molecule has 7 heteroatoms. The van der Waals surface area contributed by atoms with E-state index in [4.69, 9.17) is 9.52 Å². The number of aromatic nitrogens is 3. The summed E-state index contributed by atoms with van der Waals surface area (Å²) in [6.45, 7) is 3.61. The molecular formula is C13H14FN3O3. The van der Waals surface area contributed by atoms with E-state index in [2.05, 4.69) is 15.2 Å². The van der Waals surface area contributed by atoms with Gasteiger partial charge in [0.25, 0.3) is 5.89 Å². The molecule has 0 saturated carbocycles. The molecule has 0 amide bonds. The van der Waals surface area contributed by atoms with E-state index < -0.39 is 17.2 Å². The fourth-order valence-electron chi connectivity index (χ4n) is 1.81. The van der Waals surface area contributed by atoms with Crippen LogP contribution >= 0.6 is 0 Å². The van der Waals surface area contributed by atoms with Crippen LogP contribution in [0.25, 0.3) is 11.6 Å². The Labute approximate surface area is 114 Å². The van der Waals surface area contributed by atoms with Crippen LogP contribution in [0.2, 0.25) is 0 Å². The second kappa shape index (κ2) is 5.36. The van der Waals surface area contributed by atoms with Gasteiger partial charge in [-0.05, 0) is 17.5 Å². The van der Waals surface area contributed by atoms with E-state index in [1.54, 1.807) is 13.8 Å². The van der Waals surface area contributed by atoms with Gasteiger partial charge in [0.05, 0.1) is 12.6 Å². The van der Waals surface area contributed by atoms with Crippen molar-refractivity contribution >= 4 is 5.97 Å². The van der Waals surface area contributed by atoms with Gasteiger partial charge in [0.2, 0.25) is 5.89 Å². The zero-order chi connectivity index (χ0) is 14.8. The molecule has 2 aromatic heterocycles. The Balaban J connectivity index is 2.13. The SMILES string of the molecule is CC(C)(CC(=O)O)Cc1nnc(-c2ccc(F)cn2)o1. The first-order valence-corrected chi connectivity index (χ1v) is 6.02. The highest BCUT2D eigenvalue weighted by Crippen LogP contribution is 2.26. The first-order chi connectivity index (χ1) is 9.35. The predicted octanol–water partition coefficient (Wildman–Crippen LogP) is 2.31. The minimum absolute atomic E-state index is 0.000485. The number of aliphatic carboxylic acids is 1. The van der Waals surface area contributed by atoms with Crippen LogP contribution in [0.3, 0.4) is 0 Å². The lowest BCUT2D eigenvalue weighted by Gasteiger charge is -2.19. The number of carboxylic acids is 1. The van der Waals surface area contributed by atoms with Gasteiger partial charge in [-0.15, -0.1) is 10.2 Å². The normalized spacial score (nSPS) is 11.6. The molecule has 0 aromatic carbocycles. The smallest absolute Gasteiger partial charge is 0.303 e. The standard InChI is InChI=1S/C13H14FN3O3/c1-13(2,6-11(18)19)5-10-16-17-12(20-10)9-4-3-8(14)7-15-9/h3-4,7H,5-6H2,1-2H3,(H,18,19). The summed E-state index contributed by atoms with van der Waals surface area (Å²) in [5.74, 6) is -0.811. The molecule has 0 aliphatic rings. The lowest BCUT2D eigenvalue weighted by atomic mass is 9.86. The van der Waals surface area contributed by atoms with Crippen molar-refractivity contribution < 1.29 is 18.7 Å². The maximum Gasteiger partial charge on any atom is 0.303 e. The van der Waals surface area contributed by atoms with Crippen LogP contribution in [0.1, 0.15) is 26.2 Å². The van der Waals surface area contributed by atoms with E-state index in [0.29, 0.717) is 18.0 Å². The Bertz CT molecular complexity index is 608. The number of hydrogen-bond donors (Lipinski definition) is 1. The minimum atomic E-state index is -0.880. The largest absolute Gasteiger partial charge is 0.481 e. The number of halogens is 1. The Morgan fingerprint density at radius 2 is 2.15 bits per heavy atom. The maximum absolute atomic E-state index is 12.8. The van der Waals surface area contributed by atoms with Crippen LogP contribution < -0.4 is 0 Å². The second-order valence-electron chi connectivity index (χ2n) is 5.27. The number of hydrogen-bond acceptors (Lipinski definition) is 5. The van der Waals surface area contributed by atoms with Crippen molar-refractivity contribution in [2.24, 2.45) is 5.41 Å². The molecule has 2 rings (SSSR count). The van der Waals surface area contributed by atoms with Crippen molar-refractivity contribution in [2.75, 3.05) is 0 Å². The van der Waals surface area contributed by atoms with Gasteiger partial charge in [-0.25, -0.2) is 9.37 Å². The fourth-order valence-corrected chi connectivity index (χ4v) is 1.81. The number of carbonyl (C=O) groups is 1. The summed E-state index contributed by atoms with van der Waals surface area (Å²) in [4.78, 5) is 14.6. The summed E-state index contributed by atoms with van der Waals surface area (Å²) in [6.07, 6.45) is 1.40. The van der Waals surface area contributed by atoms with Gasteiger partial charge < -0.3 is 9.52 Å². The topological polar surface area (TPSA) is 89.1 Å². The zero-order valence-electron chi connectivity index (χ0n) is 11.1. The Morgan fingerprint density at radius 3 is 2.75 bits per heavy atom. The van der Waals surface area contributed by atoms with E-state index in [1.165, 1.54) is 12.1 Å². The number of nitrogens with zero attached hydrogens (tertiary/aromatic N) is 3. The van der Waals surface area contributed by atoms with E-state index in [9.17, 15) is 9.18 Å². The summed E-state index contributed by atoms with van der Waals surface area (Å²) < 4.78 is 18.2. The van der Waals surface area contributed by atoms with Crippen molar-refractivity contribution in [3.63, 3.8) is 0 Å². The molecule has 0 spiro atoms. The highest BCUT2D eigenvalue weighted by Gasteiger charge is 2.25. The summed E-state index contributed by atoms with van der Waals surface area (Å²) in [5, 5.41) is 16.5. The number of carboxylic acid groups (broad SMARTS) is 1.